The first-order valence-corrected chi connectivity index (χ1v) is 15.6. The summed E-state index contributed by atoms with van der Waals surface area (Å²) >= 11 is 0. The molecule has 3 aromatic rings. The largest absolute Gasteiger partial charge is 0.497 e. The number of nitrogens with zero attached hydrogens (tertiary/aromatic N) is 1. The molecule has 6 atom stereocenters. The van der Waals surface area contributed by atoms with Gasteiger partial charge in [-0.15, -0.1) is 0 Å². The van der Waals surface area contributed by atoms with Crippen molar-refractivity contribution in [1.29, 1.82) is 0 Å². The Balaban J connectivity index is 1.21. The zero-order valence-electron chi connectivity index (χ0n) is 26.8. The minimum absolute atomic E-state index is 0.00867. The first-order valence-electron chi connectivity index (χ1n) is 15.6. The third-order valence-corrected chi connectivity index (χ3v) is 9.82. The van der Waals surface area contributed by atoms with E-state index in [1.807, 2.05) is 12.1 Å². The summed E-state index contributed by atoms with van der Waals surface area (Å²) in [6.07, 6.45) is 3.97. The molecule has 11 heteroatoms. The summed E-state index contributed by atoms with van der Waals surface area (Å²) in [5.41, 5.74) is 4.81. The molecule has 2 aliphatic heterocycles. The molecule has 0 unspecified atom stereocenters. The fraction of sp³-hybridized carbons (Fsp3) is 0.457. The van der Waals surface area contributed by atoms with Crippen LogP contribution in [0, 0.1) is 17.8 Å². The second-order valence-corrected chi connectivity index (χ2v) is 12.3. The van der Waals surface area contributed by atoms with Crippen molar-refractivity contribution in [3.63, 3.8) is 0 Å². The van der Waals surface area contributed by atoms with Crippen LogP contribution in [0.2, 0.25) is 0 Å². The molecule has 3 heterocycles. The Morgan fingerprint density at radius 1 is 1.02 bits per heavy atom. The number of carbonyl (C=O) groups is 3. The third-order valence-electron chi connectivity index (χ3n) is 9.82. The van der Waals surface area contributed by atoms with Gasteiger partial charge in [-0.05, 0) is 72.6 Å². The number of anilines is 1. The molecular weight excluding hydrogens is 590 g/mol. The van der Waals surface area contributed by atoms with Crippen LogP contribution in [0.15, 0.2) is 42.5 Å². The number of aromatic nitrogens is 1. The molecule has 1 saturated heterocycles. The number of hydrogen-bond donors (Lipinski definition) is 2. The summed E-state index contributed by atoms with van der Waals surface area (Å²) in [6, 6.07) is 11.5. The lowest BCUT2D eigenvalue weighted by atomic mass is 9.63. The fourth-order valence-electron chi connectivity index (χ4n) is 7.81. The minimum Gasteiger partial charge on any atom is -0.497 e. The number of methoxy groups -OCH3 is 4. The molecular formula is C35H41N3O8. The molecule has 1 amide bonds. The summed E-state index contributed by atoms with van der Waals surface area (Å²) in [5.74, 6) is -0.303. The van der Waals surface area contributed by atoms with Gasteiger partial charge in [0.1, 0.15) is 23.7 Å². The summed E-state index contributed by atoms with van der Waals surface area (Å²) in [7, 11) is 6.13. The van der Waals surface area contributed by atoms with Crippen LogP contribution in [0.1, 0.15) is 42.6 Å². The number of hydrogen-bond acceptors (Lipinski definition) is 9. The summed E-state index contributed by atoms with van der Waals surface area (Å²) in [6.45, 7) is 3.11. The minimum atomic E-state index is -0.648. The Bertz CT molecular complexity index is 1660. The Labute approximate surface area is 268 Å². The number of nitrogens with one attached hydrogen (secondary N) is 2. The number of H-pyrrole nitrogens is 1. The molecule has 1 aliphatic carbocycles. The molecule has 2 fully saturated rings. The van der Waals surface area contributed by atoms with Crippen LogP contribution in [0.25, 0.3) is 17.0 Å². The number of amides is 1. The van der Waals surface area contributed by atoms with Gasteiger partial charge in [0.05, 0.1) is 39.0 Å². The van der Waals surface area contributed by atoms with Crippen molar-refractivity contribution in [2.75, 3.05) is 46.8 Å². The van der Waals surface area contributed by atoms with E-state index in [1.54, 1.807) is 38.5 Å². The third kappa shape index (κ3) is 5.96. The molecule has 0 radical (unpaired) electrons. The summed E-state index contributed by atoms with van der Waals surface area (Å²) < 4.78 is 28.1. The second-order valence-electron chi connectivity index (χ2n) is 12.3. The number of aromatic amines is 1. The van der Waals surface area contributed by atoms with Crippen molar-refractivity contribution in [2.45, 2.75) is 44.4 Å². The fourth-order valence-corrected chi connectivity index (χ4v) is 7.81. The summed E-state index contributed by atoms with van der Waals surface area (Å²) in [4.78, 5) is 44.1. The number of esters is 2. The van der Waals surface area contributed by atoms with Gasteiger partial charge in [-0.2, -0.15) is 0 Å². The van der Waals surface area contributed by atoms with E-state index in [4.69, 9.17) is 23.7 Å². The van der Waals surface area contributed by atoms with E-state index >= 15 is 0 Å². The van der Waals surface area contributed by atoms with Crippen molar-refractivity contribution in [3.05, 3.63) is 59.3 Å². The van der Waals surface area contributed by atoms with E-state index in [2.05, 4.69) is 21.3 Å². The SMILES string of the molecule is COC(=O)[C@H]1[C@H]2C[C@@H]3c4[nH]c5cc(OC)ccc5c4CCN3C[C@H]2C[C@@H](OC(=O)C=Cc2ccc(NC(C)=O)c(OC)c2)[C@@H]1OC. The Kier molecular flexibility index (Phi) is 9.06. The first kappa shape index (κ1) is 31.6. The Morgan fingerprint density at radius 3 is 2.57 bits per heavy atom. The van der Waals surface area contributed by atoms with Crippen molar-refractivity contribution in [1.82, 2.24) is 9.88 Å². The number of ether oxygens (including phenoxy) is 5. The molecule has 2 aromatic carbocycles. The van der Waals surface area contributed by atoms with Crippen LogP contribution in [0.3, 0.4) is 0 Å². The van der Waals surface area contributed by atoms with Gasteiger partial charge in [0.2, 0.25) is 5.91 Å². The van der Waals surface area contributed by atoms with E-state index in [-0.39, 0.29) is 29.8 Å². The highest BCUT2D eigenvalue weighted by Gasteiger charge is 2.54. The van der Waals surface area contributed by atoms with Crippen molar-refractivity contribution < 1.29 is 38.1 Å². The van der Waals surface area contributed by atoms with Gasteiger partial charge in [-0.25, -0.2) is 4.79 Å². The smallest absolute Gasteiger partial charge is 0.331 e. The number of fused-ring (bicyclic) bond motifs is 6. The van der Waals surface area contributed by atoms with Crippen LogP contribution in [-0.2, 0) is 35.0 Å². The molecule has 11 nitrogen and oxygen atoms in total. The summed E-state index contributed by atoms with van der Waals surface area (Å²) in [5, 5.41) is 3.92. The Morgan fingerprint density at radius 2 is 1.85 bits per heavy atom. The quantitative estimate of drug-likeness (QED) is 0.273. The molecule has 1 aromatic heterocycles. The van der Waals surface area contributed by atoms with Gasteiger partial charge in [-0.1, -0.05) is 6.07 Å². The monoisotopic (exact) mass is 631 g/mol. The highest BCUT2D eigenvalue weighted by Crippen LogP contribution is 2.50. The standard InChI is InChI=1S/C35H41N3O8/c1-19(39)36-26-10-6-20(14-29(26)43-3)7-11-31(40)46-30-15-21-18-38-13-12-24-23-9-8-22(42-2)16-27(23)37-33(24)28(38)17-25(21)32(34(30)44-4)35(41)45-5/h6-11,14,16,21,25,28,30,32,34,37H,12-13,15,17-18H2,1-5H3,(H,36,39)/t21-,25+,28-,30-,32+,34+/m1/s1. The van der Waals surface area contributed by atoms with Crippen LogP contribution in [-0.4, -0.2) is 81.5 Å². The van der Waals surface area contributed by atoms with E-state index in [9.17, 15) is 14.4 Å². The van der Waals surface area contributed by atoms with Gasteiger partial charge in [0, 0.05) is 55.9 Å². The van der Waals surface area contributed by atoms with Crippen LogP contribution < -0.4 is 14.8 Å². The molecule has 6 rings (SSSR count). The lowest BCUT2D eigenvalue weighted by Gasteiger charge is -2.52. The maximum absolute atomic E-state index is 13.4. The van der Waals surface area contributed by atoms with Crippen molar-refractivity contribution in [2.24, 2.45) is 17.8 Å². The zero-order valence-corrected chi connectivity index (χ0v) is 26.8. The lowest BCUT2D eigenvalue weighted by molar-refractivity contribution is -0.187. The van der Waals surface area contributed by atoms with Gasteiger partial charge >= 0.3 is 11.9 Å². The molecule has 2 N–H and O–H groups in total. The maximum atomic E-state index is 13.4. The normalized spacial score (nSPS) is 25.7. The molecule has 0 bridgehead atoms. The van der Waals surface area contributed by atoms with E-state index in [0.717, 1.165) is 37.2 Å². The number of carbonyl (C=O) groups excluding carboxylic acids is 3. The second kappa shape index (κ2) is 13.2. The lowest BCUT2D eigenvalue weighted by Crippen LogP contribution is -2.58. The topological polar surface area (TPSA) is 128 Å². The number of rotatable bonds is 8. The van der Waals surface area contributed by atoms with Crippen LogP contribution in [0.4, 0.5) is 5.69 Å². The van der Waals surface area contributed by atoms with Gasteiger partial charge < -0.3 is 34.0 Å². The van der Waals surface area contributed by atoms with Gasteiger partial charge in [0.25, 0.3) is 0 Å². The van der Waals surface area contributed by atoms with Gasteiger partial charge in [-0.3, -0.25) is 14.5 Å². The highest BCUT2D eigenvalue weighted by molar-refractivity contribution is 5.91. The average Bonchev–Trinajstić information content (AvgIpc) is 3.44. The van der Waals surface area contributed by atoms with Crippen molar-refractivity contribution >= 4 is 40.5 Å². The molecule has 3 aliphatic rings. The average molecular weight is 632 g/mol. The van der Waals surface area contributed by atoms with E-state index in [0.29, 0.717) is 23.4 Å². The predicted molar refractivity (Wildman–Crippen MR) is 172 cm³/mol. The van der Waals surface area contributed by atoms with E-state index in [1.165, 1.54) is 43.9 Å². The predicted octanol–water partition coefficient (Wildman–Crippen LogP) is 4.51. The molecule has 0 spiro atoms. The van der Waals surface area contributed by atoms with Crippen LogP contribution in [0.5, 0.6) is 11.5 Å². The molecule has 46 heavy (non-hydrogen) atoms. The van der Waals surface area contributed by atoms with Gasteiger partial charge in [0.15, 0.2) is 0 Å². The Hall–Kier alpha value is -4.35. The maximum Gasteiger partial charge on any atom is 0.331 e. The zero-order chi connectivity index (χ0) is 32.5. The highest BCUT2D eigenvalue weighted by atomic mass is 16.6. The van der Waals surface area contributed by atoms with Crippen LogP contribution >= 0.6 is 0 Å². The number of piperidine rings is 1. The van der Waals surface area contributed by atoms with E-state index < -0.39 is 24.1 Å². The number of benzene rings is 2. The van der Waals surface area contributed by atoms with Crippen molar-refractivity contribution in [3.8, 4) is 11.5 Å². The first-order chi connectivity index (χ1) is 22.2. The molecule has 1 saturated carbocycles. The molecule has 244 valence electrons.